The highest BCUT2D eigenvalue weighted by Gasteiger charge is 2.48. The van der Waals surface area contributed by atoms with E-state index in [9.17, 15) is 22.8 Å². The number of para-hydroxylation sites is 1. The molecule has 0 aliphatic heterocycles. The summed E-state index contributed by atoms with van der Waals surface area (Å²) in [5.41, 5.74) is -0.420. The van der Waals surface area contributed by atoms with Crippen LogP contribution in [-0.2, 0) is 15.8 Å². The normalized spacial score (nSPS) is 18.9. The summed E-state index contributed by atoms with van der Waals surface area (Å²) in [7, 11) is 0. The first-order chi connectivity index (χ1) is 12.3. The molecule has 2 amide bonds. The van der Waals surface area contributed by atoms with Gasteiger partial charge in [0.25, 0.3) is 0 Å². The van der Waals surface area contributed by atoms with Crippen LogP contribution in [0.3, 0.4) is 0 Å². The molecule has 26 heavy (non-hydrogen) atoms. The molecule has 136 valence electrons. The lowest BCUT2D eigenvalue weighted by atomic mass is 10.2. The van der Waals surface area contributed by atoms with Crippen molar-refractivity contribution in [3.8, 4) is 0 Å². The van der Waals surface area contributed by atoms with Crippen LogP contribution in [0.15, 0.2) is 48.5 Å². The minimum Gasteiger partial charge on any atom is -0.326 e. The highest BCUT2D eigenvalue weighted by Crippen LogP contribution is 2.41. The average Bonchev–Trinajstić information content (AvgIpc) is 3.37. The maximum Gasteiger partial charge on any atom is 0.416 e. The Balaban J connectivity index is 1.62. The van der Waals surface area contributed by atoms with Crippen molar-refractivity contribution in [3.05, 3.63) is 59.1 Å². The lowest BCUT2D eigenvalue weighted by molar-refractivity contribution is -0.137. The second-order valence-corrected chi connectivity index (χ2v) is 6.39. The van der Waals surface area contributed by atoms with Gasteiger partial charge in [0.2, 0.25) is 11.8 Å². The van der Waals surface area contributed by atoms with E-state index < -0.39 is 29.5 Å². The van der Waals surface area contributed by atoms with Gasteiger partial charge in [-0.15, -0.1) is 0 Å². The van der Waals surface area contributed by atoms with Crippen LogP contribution in [0.5, 0.6) is 0 Å². The fraction of sp³-hybridized carbons (Fsp3) is 0.222. The lowest BCUT2D eigenvalue weighted by Crippen LogP contribution is -2.21. The van der Waals surface area contributed by atoms with Gasteiger partial charge >= 0.3 is 6.18 Å². The van der Waals surface area contributed by atoms with Crippen LogP contribution in [0.2, 0.25) is 5.02 Å². The highest BCUT2D eigenvalue weighted by molar-refractivity contribution is 6.33. The molecule has 2 aromatic carbocycles. The molecule has 0 bridgehead atoms. The second-order valence-electron chi connectivity index (χ2n) is 5.99. The van der Waals surface area contributed by atoms with Gasteiger partial charge in [0.15, 0.2) is 0 Å². The lowest BCUT2D eigenvalue weighted by Gasteiger charge is -2.11. The van der Waals surface area contributed by atoms with E-state index in [1.807, 2.05) is 6.07 Å². The zero-order valence-electron chi connectivity index (χ0n) is 13.3. The molecule has 1 saturated carbocycles. The van der Waals surface area contributed by atoms with E-state index in [0.717, 1.165) is 18.2 Å². The standard InChI is InChI=1S/C18H14ClF3N2O2/c19-14-7-6-10(18(20,21)22)8-15(14)24-17(26)13-9-12(13)16(25)23-11-4-2-1-3-5-11/h1-8,12-13H,9H2,(H,23,25)(H,24,26). The number of hydrogen-bond acceptors (Lipinski definition) is 2. The van der Waals surface area contributed by atoms with E-state index in [-0.39, 0.29) is 16.6 Å². The molecule has 4 nitrogen and oxygen atoms in total. The zero-order chi connectivity index (χ0) is 18.9. The Kier molecular flexibility index (Phi) is 4.91. The quantitative estimate of drug-likeness (QED) is 0.813. The summed E-state index contributed by atoms with van der Waals surface area (Å²) in [5.74, 6) is -1.94. The highest BCUT2D eigenvalue weighted by atomic mass is 35.5. The van der Waals surface area contributed by atoms with Crippen LogP contribution in [0, 0.1) is 11.8 Å². The van der Waals surface area contributed by atoms with Gasteiger partial charge in [-0.25, -0.2) is 0 Å². The molecule has 1 aliphatic rings. The third kappa shape index (κ3) is 4.16. The van der Waals surface area contributed by atoms with Crippen LogP contribution < -0.4 is 10.6 Å². The average molecular weight is 383 g/mol. The summed E-state index contributed by atoms with van der Waals surface area (Å²) in [4.78, 5) is 24.4. The largest absolute Gasteiger partial charge is 0.416 e. The van der Waals surface area contributed by atoms with Gasteiger partial charge in [0.05, 0.1) is 28.1 Å². The van der Waals surface area contributed by atoms with Crippen molar-refractivity contribution in [2.45, 2.75) is 12.6 Å². The van der Waals surface area contributed by atoms with E-state index in [1.54, 1.807) is 24.3 Å². The molecule has 2 N–H and O–H groups in total. The first-order valence-electron chi connectivity index (χ1n) is 7.79. The summed E-state index contributed by atoms with van der Waals surface area (Å²) in [6, 6.07) is 11.5. The molecule has 0 aromatic heterocycles. The minimum absolute atomic E-state index is 0.00251. The maximum absolute atomic E-state index is 12.8. The Morgan fingerprint density at radius 2 is 1.58 bits per heavy atom. The van der Waals surface area contributed by atoms with Gasteiger partial charge < -0.3 is 10.6 Å². The molecule has 0 saturated heterocycles. The number of rotatable bonds is 4. The Bertz CT molecular complexity index is 840. The summed E-state index contributed by atoms with van der Waals surface area (Å²) >= 11 is 5.86. The van der Waals surface area contributed by atoms with Gasteiger partial charge in [-0.3, -0.25) is 9.59 Å². The third-order valence-electron chi connectivity index (χ3n) is 4.06. The van der Waals surface area contributed by atoms with E-state index >= 15 is 0 Å². The van der Waals surface area contributed by atoms with Crippen LogP contribution in [0.1, 0.15) is 12.0 Å². The Morgan fingerprint density at radius 3 is 2.19 bits per heavy atom. The fourth-order valence-corrected chi connectivity index (χ4v) is 2.72. The summed E-state index contributed by atoms with van der Waals surface area (Å²) in [6.45, 7) is 0. The predicted octanol–water partition coefficient (Wildman–Crippen LogP) is 4.57. The number of carbonyl (C=O) groups excluding carboxylic acids is 2. The number of carbonyl (C=O) groups is 2. The van der Waals surface area contributed by atoms with Crippen molar-refractivity contribution in [1.82, 2.24) is 0 Å². The molecule has 2 unspecified atom stereocenters. The van der Waals surface area contributed by atoms with Crippen molar-refractivity contribution >= 4 is 34.8 Å². The summed E-state index contributed by atoms with van der Waals surface area (Å²) in [5, 5.41) is 5.08. The predicted molar refractivity (Wildman–Crippen MR) is 91.8 cm³/mol. The van der Waals surface area contributed by atoms with E-state index in [1.165, 1.54) is 0 Å². The first kappa shape index (κ1) is 18.3. The van der Waals surface area contributed by atoms with Gasteiger partial charge in [0.1, 0.15) is 0 Å². The third-order valence-corrected chi connectivity index (χ3v) is 4.39. The van der Waals surface area contributed by atoms with Crippen LogP contribution in [0.25, 0.3) is 0 Å². The van der Waals surface area contributed by atoms with Crippen molar-refractivity contribution < 1.29 is 22.8 Å². The monoisotopic (exact) mass is 382 g/mol. The van der Waals surface area contributed by atoms with Gasteiger partial charge in [-0.2, -0.15) is 13.2 Å². The molecule has 0 radical (unpaired) electrons. The van der Waals surface area contributed by atoms with Crippen molar-refractivity contribution in [3.63, 3.8) is 0 Å². The number of nitrogens with one attached hydrogen (secondary N) is 2. The smallest absolute Gasteiger partial charge is 0.326 e. The Labute approximate surface area is 152 Å². The molecule has 2 atom stereocenters. The van der Waals surface area contributed by atoms with Crippen LogP contribution in [-0.4, -0.2) is 11.8 Å². The molecular formula is C18H14ClF3N2O2. The van der Waals surface area contributed by atoms with Gasteiger partial charge in [-0.1, -0.05) is 29.8 Å². The molecule has 1 aliphatic carbocycles. The molecular weight excluding hydrogens is 369 g/mol. The Morgan fingerprint density at radius 1 is 0.962 bits per heavy atom. The number of benzene rings is 2. The van der Waals surface area contributed by atoms with Gasteiger partial charge in [-0.05, 0) is 36.8 Å². The number of hydrogen-bond donors (Lipinski definition) is 2. The van der Waals surface area contributed by atoms with E-state index in [2.05, 4.69) is 10.6 Å². The second kappa shape index (κ2) is 6.99. The van der Waals surface area contributed by atoms with Crippen molar-refractivity contribution in [2.24, 2.45) is 11.8 Å². The molecule has 1 fully saturated rings. The molecule has 0 heterocycles. The number of halogens is 4. The van der Waals surface area contributed by atoms with Crippen LogP contribution in [0.4, 0.5) is 24.5 Å². The van der Waals surface area contributed by atoms with Crippen LogP contribution >= 0.6 is 11.6 Å². The summed E-state index contributed by atoms with van der Waals surface area (Å²) in [6.07, 6.45) is -4.21. The maximum atomic E-state index is 12.8. The number of anilines is 2. The molecule has 8 heteroatoms. The zero-order valence-corrected chi connectivity index (χ0v) is 14.1. The minimum atomic E-state index is -4.54. The molecule has 2 aromatic rings. The fourth-order valence-electron chi connectivity index (χ4n) is 2.55. The van der Waals surface area contributed by atoms with E-state index in [0.29, 0.717) is 12.1 Å². The van der Waals surface area contributed by atoms with Crippen molar-refractivity contribution in [1.29, 1.82) is 0 Å². The molecule has 3 rings (SSSR count). The number of amides is 2. The summed E-state index contributed by atoms with van der Waals surface area (Å²) < 4.78 is 38.3. The topological polar surface area (TPSA) is 58.2 Å². The van der Waals surface area contributed by atoms with Gasteiger partial charge in [0, 0.05) is 5.69 Å². The Hall–Kier alpha value is -2.54. The first-order valence-corrected chi connectivity index (χ1v) is 8.17. The molecule has 0 spiro atoms. The number of alkyl halides is 3. The SMILES string of the molecule is O=C(Nc1ccccc1)C1CC1C(=O)Nc1cc(C(F)(F)F)ccc1Cl. The van der Waals surface area contributed by atoms with E-state index in [4.69, 9.17) is 11.6 Å². The van der Waals surface area contributed by atoms with Crippen molar-refractivity contribution in [2.75, 3.05) is 10.6 Å².